The van der Waals surface area contributed by atoms with E-state index in [4.69, 9.17) is 4.84 Å². The quantitative estimate of drug-likeness (QED) is 0.735. The third-order valence-corrected chi connectivity index (χ3v) is 3.60. The van der Waals surface area contributed by atoms with Gasteiger partial charge in [0.15, 0.2) is 5.75 Å². The molecule has 0 aliphatic rings. The summed E-state index contributed by atoms with van der Waals surface area (Å²) >= 11 is 0. The van der Waals surface area contributed by atoms with Crippen LogP contribution in [0.2, 0.25) is 0 Å². The van der Waals surface area contributed by atoms with Crippen molar-refractivity contribution in [2.75, 3.05) is 5.32 Å². The number of rotatable bonds is 6. The third kappa shape index (κ3) is 4.70. The summed E-state index contributed by atoms with van der Waals surface area (Å²) in [5, 5.41) is 2.79. The molecule has 2 heterocycles. The maximum Gasteiger partial charge on any atom is 0.274 e. The molecule has 3 aromatic rings. The Morgan fingerprint density at radius 2 is 1.96 bits per heavy atom. The van der Waals surface area contributed by atoms with E-state index in [-0.39, 0.29) is 5.91 Å². The van der Waals surface area contributed by atoms with E-state index in [9.17, 15) is 4.79 Å². The Kier molecular flexibility index (Phi) is 5.14. The number of carbonyl (C=O) groups is 1. The third-order valence-electron chi connectivity index (χ3n) is 3.60. The van der Waals surface area contributed by atoms with Crippen molar-refractivity contribution in [3.63, 3.8) is 0 Å². The first-order chi connectivity index (χ1) is 12.1. The summed E-state index contributed by atoms with van der Waals surface area (Å²) < 4.78 is 1.56. The van der Waals surface area contributed by atoms with Crippen LogP contribution in [-0.4, -0.2) is 15.6 Å². The zero-order chi connectivity index (χ0) is 17.6. The molecule has 0 saturated carbocycles. The molecule has 0 radical (unpaired) electrons. The summed E-state index contributed by atoms with van der Waals surface area (Å²) in [5.41, 5.74) is 2.31. The molecule has 3 rings (SSSR count). The molecule has 1 amide bonds. The van der Waals surface area contributed by atoms with Gasteiger partial charge in [0.1, 0.15) is 5.69 Å². The number of anilines is 1. The van der Waals surface area contributed by atoms with E-state index in [1.54, 1.807) is 47.6 Å². The van der Waals surface area contributed by atoms with Crippen molar-refractivity contribution in [3.8, 4) is 5.75 Å². The molecule has 0 atom stereocenters. The Labute approximate surface area is 147 Å². The smallest absolute Gasteiger partial charge is 0.274 e. The van der Waals surface area contributed by atoms with Crippen molar-refractivity contribution in [1.29, 1.82) is 0 Å². The number of benzene rings is 1. The van der Waals surface area contributed by atoms with Crippen molar-refractivity contribution in [2.45, 2.75) is 20.3 Å². The molecule has 1 N–H and O–H groups in total. The van der Waals surface area contributed by atoms with Crippen LogP contribution in [-0.2, 0) is 6.42 Å². The highest BCUT2D eigenvalue weighted by Crippen LogP contribution is 2.17. The molecule has 5 nitrogen and oxygen atoms in total. The van der Waals surface area contributed by atoms with Gasteiger partial charge in [0.05, 0.1) is 11.9 Å². The van der Waals surface area contributed by atoms with Gasteiger partial charge in [-0.1, -0.05) is 32.0 Å². The van der Waals surface area contributed by atoms with Crippen LogP contribution in [0.3, 0.4) is 0 Å². The Bertz CT molecular complexity index is 824. The number of carbonyl (C=O) groups excluding carboxylic acids is 1. The van der Waals surface area contributed by atoms with Gasteiger partial charge in [-0.15, -0.1) is 0 Å². The van der Waals surface area contributed by atoms with Gasteiger partial charge >= 0.3 is 0 Å². The summed E-state index contributed by atoms with van der Waals surface area (Å²) in [4.78, 5) is 21.9. The van der Waals surface area contributed by atoms with Crippen molar-refractivity contribution in [2.24, 2.45) is 5.92 Å². The molecule has 0 spiro atoms. The molecule has 5 heteroatoms. The molecule has 0 aliphatic carbocycles. The van der Waals surface area contributed by atoms with Gasteiger partial charge in [-0.3, -0.25) is 9.78 Å². The molecule has 0 saturated heterocycles. The number of hydrogen-bond acceptors (Lipinski definition) is 3. The van der Waals surface area contributed by atoms with Gasteiger partial charge in [0, 0.05) is 12.4 Å². The van der Waals surface area contributed by atoms with Gasteiger partial charge < -0.3 is 10.2 Å². The first-order valence-corrected chi connectivity index (χ1v) is 8.28. The Balaban J connectivity index is 1.61. The highest BCUT2D eigenvalue weighted by molar-refractivity contribution is 6.02. The van der Waals surface area contributed by atoms with Crippen molar-refractivity contribution < 1.29 is 9.63 Å². The minimum atomic E-state index is -0.253. The van der Waals surface area contributed by atoms with E-state index in [2.05, 4.69) is 36.3 Å². The summed E-state index contributed by atoms with van der Waals surface area (Å²) in [7, 11) is 0. The fourth-order valence-electron chi connectivity index (χ4n) is 2.48. The minimum absolute atomic E-state index is 0.253. The Morgan fingerprint density at radius 3 is 2.64 bits per heavy atom. The van der Waals surface area contributed by atoms with E-state index in [0.717, 1.165) is 12.2 Å². The van der Waals surface area contributed by atoms with Crippen LogP contribution in [0.1, 0.15) is 29.9 Å². The van der Waals surface area contributed by atoms with Gasteiger partial charge in [0.25, 0.3) is 5.91 Å². The molecule has 2 aromatic heterocycles. The van der Waals surface area contributed by atoms with Crippen LogP contribution in [0.25, 0.3) is 0 Å². The SMILES string of the molecule is CC(C)Cc1ccc(On2ccc(NC(=O)c3ccccn3)c2)cc1. The maximum absolute atomic E-state index is 12.1. The van der Waals surface area contributed by atoms with Crippen LogP contribution in [0, 0.1) is 5.92 Å². The van der Waals surface area contributed by atoms with E-state index in [1.807, 2.05) is 12.1 Å². The number of aromatic nitrogens is 2. The predicted octanol–water partition coefficient (Wildman–Crippen LogP) is 4.18. The second-order valence-corrected chi connectivity index (χ2v) is 6.26. The molecule has 128 valence electrons. The van der Waals surface area contributed by atoms with Crippen LogP contribution < -0.4 is 10.2 Å². The highest BCUT2D eigenvalue weighted by Gasteiger charge is 2.08. The lowest BCUT2D eigenvalue weighted by atomic mass is 10.0. The molecular formula is C20H21N3O2. The summed E-state index contributed by atoms with van der Waals surface area (Å²) in [6, 6.07) is 15.0. The van der Waals surface area contributed by atoms with Crippen LogP contribution in [0.15, 0.2) is 67.1 Å². The van der Waals surface area contributed by atoms with E-state index < -0.39 is 0 Å². The number of nitrogens with zero attached hydrogens (tertiary/aromatic N) is 2. The topological polar surface area (TPSA) is 56.1 Å². The average Bonchev–Trinajstić information content (AvgIpc) is 3.04. The predicted molar refractivity (Wildman–Crippen MR) is 97.6 cm³/mol. The Morgan fingerprint density at radius 1 is 1.16 bits per heavy atom. The first-order valence-electron chi connectivity index (χ1n) is 8.28. The molecule has 0 unspecified atom stereocenters. The lowest BCUT2D eigenvalue weighted by Gasteiger charge is -2.08. The second kappa shape index (κ2) is 7.66. The van der Waals surface area contributed by atoms with Crippen molar-refractivity contribution in [3.05, 3.63) is 78.4 Å². The summed E-state index contributed by atoms with van der Waals surface area (Å²) in [6.07, 6.45) is 6.10. The van der Waals surface area contributed by atoms with Crippen LogP contribution in [0.5, 0.6) is 5.75 Å². The Hall–Kier alpha value is -3.08. The van der Waals surface area contributed by atoms with Gasteiger partial charge in [-0.25, -0.2) is 0 Å². The van der Waals surface area contributed by atoms with Gasteiger partial charge in [-0.05, 0) is 48.2 Å². The lowest BCUT2D eigenvalue weighted by molar-refractivity contribution is 0.102. The largest absolute Gasteiger partial charge is 0.376 e. The number of pyridine rings is 1. The summed E-state index contributed by atoms with van der Waals surface area (Å²) in [6.45, 7) is 4.40. The first kappa shape index (κ1) is 16.8. The molecule has 0 bridgehead atoms. The zero-order valence-electron chi connectivity index (χ0n) is 14.3. The highest BCUT2D eigenvalue weighted by atomic mass is 16.7. The van der Waals surface area contributed by atoms with E-state index >= 15 is 0 Å². The number of amides is 1. The minimum Gasteiger partial charge on any atom is -0.376 e. The number of hydrogen-bond donors (Lipinski definition) is 1. The molecular weight excluding hydrogens is 314 g/mol. The maximum atomic E-state index is 12.1. The summed E-state index contributed by atoms with van der Waals surface area (Å²) in [5.74, 6) is 1.11. The van der Waals surface area contributed by atoms with E-state index in [0.29, 0.717) is 17.3 Å². The van der Waals surface area contributed by atoms with Crippen molar-refractivity contribution in [1.82, 2.24) is 9.71 Å². The van der Waals surface area contributed by atoms with E-state index in [1.165, 1.54) is 5.56 Å². The number of nitrogens with one attached hydrogen (secondary N) is 1. The molecule has 25 heavy (non-hydrogen) atoms. The van der Waals surface area contributed by atoms with Crippen LogP contribution >= 0.6 is 0 Å². The monoisotopic (exact) mass is 335 g/mol. The molecule has 1 aromatic carbocycles. The second-order valence-electron chi connectivity index (χ2n) is 6.26. The molecule has 0 aliphatic heterocycles. The van der Waals surface area contributed by atoms with Crippen molar-refractivity contribution >= 4 is 11.6 Å². The molecule has 0 fully saturated rings. The normalized spacial score (nSPS) is 10.7. The van der Waals surface area contributed by atoms with Crippen LogP contribution in [0.4, 0.5) is 5.69 Å². The zero-order valence-corrected chi connectivity index (χ0v) is 14.3. The average molecular weight is 335 g/mol. The standard InChI is InChI=1S/C20H21N3O2/c1-15(2)13-16-6-8-18(9-7-16)25-23-12-10-17(14-23)22-20(24)19-5-3-4-11-21-19/h3-12,14-15H,13H2,1-2H3,(H,22,24). The van der Waals surface area contributed by atoms with Gasteiger partial charge in [0.2, 0.25) is 0 Å². The fraction of sp³-hybridized carbons (Fsp3) is 0.200. The van der Waals surface area contributed by atoms with Gasteiger partial charge in [-0.2, -0.15) is 4.73 Å². The lowest BCUT2D eigenvalue weighted by Crippen LogP contribution is -2.13. The fourth-order valence-corrected chi connectivity index (χ4v) is 2.48.